The van der Waals surface area contributed by atoms with Gasteiger partial charge in [-0.15, -0.1) is 4.91 Å². The number of nitrogens with one attached hydrogen (secondary N) is 1. The Labute approximate surface area is 117 Å². The van der Waals surface area contributed by atoms with E-state index >= 15 is 0 Å². The van der Waals surface area contributed by atoms with Crippen LogP contribution in [0.3, 0.4) is 0 Å². The molecule has 0 atom stereocenters. The summed E-state index contributed by atoms with van der Waals surface area (Å²) >= 11 is 5.83. The Hall–Kier alpha value is -1.67. The molecule has 0 amide bonds. The molecule has 100 valence electrons. The van der Waals surface area contributed by atoms with Crippen molar-refractivity contribution in [3.8, 4) is 6.07 Å². The molecule has 5 nitrogen and oxygen atoms in total. The number of nitroso groups, excluding NO2 is 1. The van der Waals surface area contributed by atoms with Crippen LogP contribution in [0.25, 0.3) is 0 Å². The Kier molecular flexibility index (Phi) is 4.69. The monoisotopic (exact) mass is 278 g/mol. The number of aromatic nitrogens is 1. The molecule has 1 aliphatic carbocycles. The van der Waals surface area contributed by atoms with Gasteiger partial charge in [0, 0.05) is 18.5 Å². The Morgan fingerprint density at radius 3 is 2.84 bits per heavy atom. The SMILES string of the molecule is N#CCC1CCC(Nc2cc(Cl)ncc2N=O)CC1. The number of rotatable bonds is 4. The fourth-order valence-electron chi connectivity index (χ4n) is 2.47. The van der Waals surface area contributed by atoms with E-state index in [4.69, 9.17) is 16.9 Å². The van der Waals surface area contributed by atoms with E-state index in [1.54, 1.807) is 6.07 Å². The van der Waals surface area contributed by atoms with Crippen LogP contribution in [0.15, 0.2) is 17.4 Å². The van der Waals surface area contributed by atoms with E-state index in [1.807, 2.05) is 0 Å². The third kappa shape index (κ3) is 3.65. The largest absolute Gasteiger partial charge is 0.380 e. The lowest BCUT2D eigenvalue weighted by atomic mass is 9.84. The summed E-state index contributed by atoms with van der Waals surface area (Å²) in [6.07, 6.45) is 6.06. The van der Waals surface area contributed by atoms with E-state index in [2.05, 4.69) is 21.5 Å². The summed E-state index contributed by atoms with van der Waals surface area (Å²) in [7, 11) is 0. The summed E-state index contributed by atoms with van der Waals surface area (Å²) in [4.78, 5) is 14.5. The van der Waals surface area contributed by atoms with Gasteiger partial charge < -0.3 is 5.32 Å². The zero-order valence-electron chi connectivity index (χ0n) is 10.5. The van der Waals surface area contributed by atoms with Crippen LogP contribution in [0, 0.1) is 22.2 Å². The van der Waals surface area contributed by atoms with Crippen LogP contribution in [0.2, 0.25) is 5.15 Å². The summed E-state index contributed by atoms with van der Waals surface area (Å²) in [6, 6.07) is 4.15. The highest BCUT2D eigenvalue weighted by atomic mass is 35.5. The van der Waals surface area contributed by atoms with Gasteiger partial charge in [0.05, 0.1) is 18.0 Å². The number of halogens is 1. The predicted molar refractivity (Wildman–Crippen MR) is 74.3 cm³/mol. The van der Waals surface area contributed by atoms with Crippen LogP contribution in [0.5, 0.6) is 0 Å². The quantitative estimate of drug-likeness (QED) is 0.666. The first-order valence-electron chi connectivity index (χ1n) is 6.35. The summed E-state index contributed by atoms with van der Waals surface area (Å²) in [6.45, 7) is 0. The second-order valence-electron chi connectivity index (χ2n) is 4.84. The summed E-state index contributed by atoms with van der Waals surface area (Å²) in [5.41, 5.74) is 0.919. The molecule has 1 aromatic rings. The van der Waals surface area contributed by atoms with Crippen molar-refractivity contribution in [1.82, 2.24) is 4.98 Å². The van der Waals surface area contributed by atoms with Crippen molar-refractivity contribution in [3.05, 3.63) is 22.3 Å². The molecule has 1 aromatic heterocycles. The normalized spacial score (nSPS) is 22.5. The molecule has 1 aliphatic rings. The van der Waals surface area contributed by atoms with E-state index in [0.717, 1.165) is 25.7 Å². The number of pyridine rings is 1. The van der Waals surface area contributed by atoms with Gasteiger partial charge in [-0.3, -0.25) is 0 Å². The van der Waals surface area contributed by atoms with Crippen LogP contribution in [0.1, 0.15) is 32.1 Å². The molecule has 0 aromatic carbocycles. The summed E-state index contributed by atoms with van der Waals surface area (Å²) in [5, 5.41) is 15.3. The van der Waals surface area contributed by atoms with E-state index < -0.39 is 0 Å². The fraction of sp³-hybridized carbons (Fsp3) is 0.538. The molecule has 19 heavy (non-hydrogen) atoms. The first-order valence-corrected chi connectivity index (χ1v) is 6.73. The molecular weight excluding hydrogens is 264 g/mol. The molecule has 6 heteroatoms. The number of hydrogen-bond donors (Lipinski definition) is 1. The van der Waals surface area contributed by atoms with Gasteiger partial charge in [0.1, 0.15) is 10.8 Å². The lowest BCUT2D eigenvalue weighted by molar-refractivity contribution is 0.343. The zero-order valence-corrected chi connectivity index (χ0v) is 11.2. The molecule has 2 rings (SSSR count). The molecule has 0 radical (unpaired) electrons. The lowest BCUT2D eigenvalue weighted by Crippen LogP contribution is -2.26. The van der Waals surface area contributed by atoms with E-state index in [-0.39, 0.29) is 5.69 Å². The minimum Gasteiger partial charge on any atom is -0.380 e. The van der Waals surface area contributed by atoms with Gasteiger partial charge in [0.25, 0.3) is 0 Å². The average molecular weight is 279 g/mol. The second kappa shape index (κ2) is 6.48. The predicted octanol–water partition coefficient (Wildman–Crippen LogP) is 4.02. The van der Waals surface area contributed by atoms with Gasteiger partial charge in [0.2, 0.25) is 0 Å². The van der Waals surface area contributed by atoms with Crippen LogP contribution >= 0.6 is 11.6 Å². The summed E-state index contributed by atoms with van der Waals surface area (Å²) in [5.74, 6) is 0.507. The van der Waals surface area contributed by atoms with E-state index in [0.29, 0.717) is 29.2 Å². The van der Waals surface area contributed by atoms with Crippen molar-refractivity contribution < 1.29 is 0 Å². The van der Waals surface area contributed by atoms with Gasteiger partial charge in [-0.2, -0.15) is 5.26 Å². The van der Waals surface area contributed by atoms with E-state index in [9.17, 15) is 4.91 Å². The first-order chi connectivity index (χ1) is 9.22. The number of nitrogens with zero attached hydrogens (tertiary/aromatic N) is 3. The smallest absolute Gasteiger partial charge is 0.149 e. The van der Waals surface area contributed by atoms with Gasteiger partial charge in [0.15, 0.2) is 0 Å². The third-order valence-corrected chi connectivity index (χ3v) is 3.74. The Bertz CT molecular complexity index is 492. The van der Waals surface area contributed by atoms with Crippen molar-refractivity contribution >= 4 is 23.0 Å². The molecule has 1 fully saturated rings. The maximum absolute atomic E-state index is 10.7. The Morgan fingerprint density at radius 2 is 2.21 bits per heavy atom. The third-order valence-electron chi connectivity index (χ3n) is 3.53. The van der Waals surface area contributed by atoms with E-state index in [1.165, 1.54) is 6.20 Å². The Morgan fingerprint density at radius 1 is 1.47 bits per heavy atom. The van der Waals surface area contributed by atoms with Crippen LogP contribution in [-0.2, 0) is 0 Å². The molecule has 0 unspecified atom stereocenters. The number of hydrogen-bond acceptors (Lipinski definition) is 5. The first kappa shape index (κ1) is 13.8. The van der Waals surface area contributed by atoms with Gasteiger partial charge in [-0.1, -0.05) is 11.6 Å². The molecular formula is C13H15ClN4O. The zero-order chi connectivity index (χ0) is 13.7. The molecule has 0 bridgehead atoms. The van der Waals surface area contributed by atoms with Gasteiger partial charge >= 0.3 is 0 Å². The van der Waals surface area contributed by atoms with Crippen molar-refractivity contribution in [2.45, 2.75) is 38.1 Å². The highest BCUT2D eigenvalue weighted by Crippen LogP contribution is 2.32. The fourth-order valence-corrected chi connectivity index (χ4v) is 2.63. The van der Waals surface area contributed by atoms with Crippen LogP contribution in [0.4, 0.5) is 11.4 Å². The minimum absolute atomic E-state index is 0.281. The molecule has 0 saturated heterocycles. The highest BCUT2D eigenvalue weighted by Gasteiger charge is 2.21. The highest BCUT2D eigenvalue weighted by molar-refractivity contribution is 6.29. The second-order valence-corrected chi connectivity index (χ2v) is 5.23. The average Bonchev–Trinajstić information content (AvgIpc) is 2.42. The van der Waals surface area contributed by atoms with Crippen LogP contribution in [-0.4, -0.2) is 11.0 Å². The molecule has 0 spiro atoms. The van der Waals surface area contributed by atoms with Crippen LogP contribution < -0.4 is 5.32 Å². The van der Waals surface area contributed by atoms with Crippen molar-refractivity contribution in [2.24, 2.45) is 11.1 Å². The maximum atomic E-state index is 10.7. The summed E-state index contributed by atoms with van der Waals surface area (Å²) < 4.78 is 0. The van der Waals surface area contributed by atoms with Crippen molar-refractivity contribution in [3.63, 3.8) is 0 Å². The van der Waals surface area contributed by atoms with Crippen molar-refractivity contribution in [1.29, 1.82) is 5.26 Å². The maximum Gasteiger partial charge on any atom is 0.149 e. The number of nitriles is 1. The lowest BCUT2D eigenvalue weighted by Gasteiger charge is -2.28. The van der Waals surface area contributed by atoms with Crippen molar-refractivity contribution in [2.75, 3.05) is 5.32 Å². The van der Waals surface area contributed by atoms with Gasteiger partial charge in [-0.05, 0) is 36.8 Å². The topological polar surface area (TPSA) is 78.1 Å². The Balaban J connectivity index is 1.97. The molecule has 0 aliphatic heterocycles. The van der Waals surface area contributed by atoms with Gasteiger partial charge in [-0.25, -0.2) is 4.98 Å². The molecule has 1 N–H and O–H groups in total. The molecule has 1 saturated carbocycles. The minimum atomic E-state index is 0.281. The standard InChI is InChI=1S/C13H15ClN4O/c14-13-7-11(12(18-19)8-16-13)17-10-3-1-9(2-4-10)5-6-15/h7-10H,1-5H2,(H,16,17). The number of anilines is 1. The molecule has 1 heterocycles.